The summed E-state index contributed by atoms with van der Waals surface area (Å²) in [5.74, 6) is -0.503. The Morgan fingerprint density at radius 2 is 2.00 bits per heavy atom. The van der Waals surface area contributed by atoms with Gasteiger partial charge in [-0.3, -0.25) is 9.59 Å². The number of hydrogen-bond donors (Lipinski definition) is 3. The van der Waals surface area contributed by atoms with Gasteiger partial charge in [-0.15, -0.1) is 0 Å². The van der Waals surface area contributed by atoms with E-state index in [9.17, 15) is 9.59 Å². The minimum Gasteiger partial charge on any atom is -0.383 e. The predicted octanol–water partition coefficient (Wildman–Crippen LogP) is 0.868. The number of benzene rings is 1. The highest BCUT2D eigenvalue weighted by atomic mass is 79.9. The van der Waals surface area contributed by atoms with E-state index < -0.39 is 6.04 Å². The Bertz CT molecular complexity index is 451. The van der Waals surface area contributed by atoms with Gasteiger partial charge in [0.05, 0.1) is 6.61 Å². The van der Waals surface area contributed by atoms with Crippen LogP contribution in [0.2, 0.25) is 0 Å². The number of nitrogens with one attached hydrogen (secondary N) is 2. The molecule has 0 spiro atoms. The summed E-state index contributed by atoms with van der Waals surface area (Å²) in [6.45, 7) is 0.384. The lowest BCUT2D eigenvalue weighted by Crippen LogP contribution is -2.44. The first-order valence-electron chi connectivity index (χ1n) is 6.10. The molecule has 0 aliphatic heterocycles. The Morgan fingerprint density at radius 1 is 1.35 bits per heavy atom. The maximum atomic E-state index is 11.6. The third-order valence-corrected chi connectivity index (χ3v) is 2.99. The van der Waals surface area contributed by atoms with Crippen LogP contribution in [0, 0.1) is 0 Å². The van der Waals surface area contributed by atoms with Crippen molar-refractivity contribution < 1.29 is 14.3 Å². The van der Waals surface area contributed by atoms with Gasteiger partial charge in [0.25, 0.3) is 0 Å². The second-order valence-corrected chi connectivity index (χ2v) is 5.07. The van der Waals surface area contributed by atoms with Crippen LogP contribution in [-0.4, -0.2) is 38.1 Å². The Labute approximate surface area is 126 Å². The van der Waals surface area contributed by atoms with E-state index in [1.165, 1.54) is 7.11 Å². The number of carbonyl (C=O) groups is 2. The highest BCUT2D eigenvalue weighted by Gasteiger charge is 2.12. The number of hydrogen-bond acceptors (Lipinski definition) is 4. The van der Waals surface area contributed by atoms with Crippen LogP contribution in [0.15, 0.2) is 28.7 Å². The fourth-order valence-corrected chi connectivity index (χ4v) is 1.71. The highest BCUT2D eigenvalue weighted by molar-refractivity contribution is 9.10. The average Bonchev–Trinajstić information content (AvgIpc) is 2.41. The summed E-state index contributed by atoms with van der Waals surface area (Å²) in [4.78, 5) is 23.1. The van der Waals surface area contributed by atoms with Crippen molar-refractivity contribution >= 4 is 33.4 Å². The third-order valence-electron chi connectivity index (χ3n) is 2.46. The number of amides is 2. The summed E-state index contributed by atoms with van der Waals surface area (Å²) < 4.78 is 5.71. The molecule has 0 aromatic heterocycles. The van der Waals surface area contributed by atoms with Crippen molar-refractivity contribution in [2.24, 2.45) is 5.73 Å². The summed E-state index contributed by atoms with van der Waals surface area (Å²) >= 11 is 3.31. The van der Waals surface area contributed by atoms with E-state index >= 15 is 0 Å². The van der Waals surface area contributed by atoms with Gasteiger partial charge in [0.15, 0.2) is 0 Å². The van der Waals surface area contributed by atoms with Crippen molar-refractivity contribution in [3.8, 4) is 0 Å². The third kappa shape index (κ3) is 6.14. The number of methoxy groups -OCH3 is 1. The van der Waals surface area contributed by atoms with Gasteiger partial charge in [-0.05, 0) is 24.3 Å². The van der Waals surface area contributed by atoms with E-state index in [0.717, 1.165) is 4.47 Å². The van der Waals surface area contributed by atoms with Gasteiger partial charge >= 0.3 is 0 Å². The van der Waals surface area contributed by atoms with Crippen molar-refractivity contribution in [3.63, 3.8) is 0 Å². The van der Waals surface area contributed by atoms with Crippen molar-refractivity contribution in [3.05, 3.63) is 28.7 Å². The molecular formula is C13H18BrN3O3. The van der Waals surface area contributed by atoms with Gasteiger partial charge < -0.3 is 21.1 Å². The molecule has 7 heteroatoms. The molecule has 1 atom stereocenters. The van der Waals surface area contributed by atoms with Crippen LogP contribution >= 0.6 is 15.9 Å². The highest BCUT2D eigenvalue weighted by Crippen LogP contribution is 2.14. The summed E-state index contributed by atoms with van der Waals surface area (Å²) in [5.41, 5.74) is 6.25. The van der Waals surface area contributed by atoms with Crippen molar-refractivity contribution in [2.75, 3.05) is 25.6 Å². The molecule has 1 unspecified atom stereocenters. The van der Waals surface area contributed by atoms with Crippen molar-refractivity contribution in [2.45, 2.75) is 12.5 Å². The topological polar surface area (TPSA) is 93.4 Å². The van der Waals surface area contributed by atoms with E-state index in [0.29, 0.717) is 5.69 Å². The van der Waals surface area contributed by atoms with Crippen LogP contribution in [0.4, 0.5) is 5.69 Å². The molecule has 2 amide bonds. The van der Waals surface area contributed by atoms with Crippen LogP contribution in [0.25, 0.3) is 0 Å². The molecule has 6 nitrogen and oxygen atoms in total. The molecule has 20 heavy (non-hydrogen) atoms. The van der Waals surface area contributed by atoms with Crippen LogP contribution in [-0.2, 0) is 14.3 Å². The number of anilines is 1. The molecule has 0 aliphatic rings. The maximum Gasteiger partial charge on any atom is 0.239 e. The summed E-state index contributed by atoms with van der Waals surface area (Å²) in [6, 6.07) is 6.53. The minimum absolute atomic E-state index is 0.150. The van der Waals surface area contributed by atoms with E-state index in [-0.39, 0.29) is 31.4 Å². The zero-order valence-corrected chi connectivity index (χ0v) is 12.8. The predicted molar refractivity (Wildman–Crippen MR) is 80.2 cm³/mol. The van der Waals surface area contributed by atoms with Crippen LogP contribution in [0.3, 0.4) is 0 Å². The number of ether oxygens (including phenoxy) is 1. The Kier molecular flexibility index (Phi) is 7.21. The summed E-state index contributed by atoms with van der Waals surface area (Å²) in [7, 11) is 1.47. The summed E-state index contributed by atoms with van der Waals surface area (Å²) in [6.07, 6.45) is 0.182. The second kappa shape index (κ2) is 8.68. The fraction of sp³-hybridized carbons (Fsp3) is 0.385. The monoisotopic (exact) mass is 343 g/mol. The number of carbonyl (C=O) groups excluding carboxylic acids is 2. The van der Waals surface area contributed by atoms with Crippen LogP contribution in [0.1, 0.15) is 6.42 Å². The quantitative estimate of drug-likeness (QED) is 0.684. The molecule has 1 aromatic rings. The number of nitrogens with two attached hydrogens (primary N) is 1. The first-order chi connectivity index (χ1) is 9.52. The lowest BCUT2D eigenvalue weighted by molar-refractivity contribution is -0.123. The van der Waals surface area contributed by atoms with E-state index in [4.69, 9.17) is 10.5 Å². The smallest absolute Gasteiger partial charge is 0.239 e. The van der Waals surface area contributed by atoms with Gasteiger partial charge in [-0.1, -0.05) is 15.9 Å². The lowest BCUT2D eigenvalue weighted by atomic mass is 10.3. The van der Waals surface area contributed by atoms with Gasteiger partial charge in [0, 0.05) is 30.2 Å². The fourth-order valence-electron chi connectivity index (χ4n) is 1.44. The second-order valence-electron chi connectivity index (χ2n) is 4.16. The zero-order valence-electron chi connectivity index (χ0n) is 11.2. The van der Waals surface area contributed by atoms with E-state index in [1.807, 2.05) is 12.1 Å². The molecular weight excluding hydrogens is 326 g/mol. The molecule has 0 radical (unpaired) electrons. The molecule has 0 saturated heterocycles. The molecule has 0 fully saturated rings. The standard InChI is InChI=1S/C13H18BrN3O3/c1-20-8-11(15)13(19)16-7-6-12(18)17-10-4-2-9(14)3-5-10/h2-5,11H,6-8,15H2,1H3,(H,16,19)(H,17,18). The molecule has 0 saturated carbocycles. The Hall–Kier alpha value is -1.44. The Morgan fingerprint density at radius 3 is 2.60 bits per heavy atom. The van der Waals surface area contributed by atoms with E-state index in [1.54, 1.807) is 12.1 Å². The van der Waals surface area contributed by atoms with Crippen LogP contribution in [0.5, 0.6) is 0 Å². The minimum atomic E-state index is -0.713. The molecule has 0 heterocycles. The molecule has 1 rings (SSSR count). The largest absolute Gasteiger partial charge is 0.383 e. The van der Waals surface area contributed by atoms with Gasteiger partial charge in [-0.25, -0.2) is 0 Å². The van der Waals surface area contributed by atoms with Gasteiger partial charge in [0.2, 0.25) is 11.8 Å². The average molecular weight is 344 g/mol. The normalized spacial score (nSPS) is 11.8. The van der Waals surface area contributed by atoms with Gasteiger partial charge in [-0.2, -0.15) is 0 Å². The summed E-state index contributed by atoms with van der Waals surface area (Å²) in [5, 5.41) is 5.31. The van der Waals surface area contributed by atoms with Crippen molar-refractivity contribution in [1.82, 2.24) is 5.32 Å². The molecule has 1 aromatic carbocycles. The zero-order chi connectivity index (χ0) is 15.0. The van der Waals surface area contributed by atoms with Crippen LogP contribution < -0.4 is 16.4 Å². The molecule has 0 bridgehead atoms. The van der Waals surface area contributed by atoms with Crippen molar-refractivity contribution in [1.29, 1.82) is 0 Å². The number of halogens is 1. The molecule has 110 valence electrons. The van der Waals surface area contributed by atoms with Gasteiger partial charge in [0.1, 0.15) is 6.04 Å². The first-order valence-corrected chi connectivity index (χ1v) is 6.90. The SMILES string of the molecule is COCC(N)C(=O)NCCC(=O)Nc1ccc(Br)cc1. The Balaban J connectivity index is 2.26. The number of rotatable bonds is 7. The molecule has 4 N–H and O–H groups in total. The lowest BCUT2D eigenvalue weighted by Gasteiger charge is -2.11. The van der Waals surface area contributed by atoms with E-state index in [2.05, 4.69) is 26.6 Å². The first kappa shape index (κ1) is 16.6. The maximum absolute atomic E-state index is 11.6. The molecule has 0 aliphatic carbocycles.